The summed E-state index contributed by atoms with van der Waals surface area (Å²) in [5.41, 5.74) is 0.699. The molecule has 33 heavy (non-hydrogen) atoms. The van der Waals surface area contributed by atoms with Gasteiger partial charge in [0.25, 0.3) is 5.91 Å². The van der Waals surface area contributed by atoms with Crippen molar-refractivity contribution >= 4 is 27.5 Å². The molecule has 0 radical (unpaired) electrons. The Hall–Kier alpha value is -3.43. The van der Waals surface area contributed by atoms with Crippen LogP contribution < -0.4 is 10.6 Å². The molecule has 4 rings (SSSR count). The minimum Gasteiger partial charge on any atom is -0.467 e. The summed E-state index contributed by atoms with van der Waals surface area (Å²) < 4.78 is 32.5. The molecule has 1 aliphatic heterocycles. The van der Waals surface area contributed by atoms with E-state index >= 15 is 0 Å². The number of amides is 2. The molecule has 2 amide bonds. The van der Waals surface area contributed by atoms with Gasteiger partial charge < -0.3 is 15.1 Å². The average molecular weight is 468 g/mol. The molecule has 1 atom stereocenters. The van der Waals surface area contributed by atoms with Crippen molar-refractivity contribution in [2.75, 3.05) is 18.4 Å². The lowest BCUT2D eigenvalue weighted by atomic mass is 9.98. The molecule has 1 saturated heterocycles. The van der Waals surface area contributed by atoms with E-state index in [9.17, 15) is 18.0 Å². The summed E-state index contributed by atoms with van der Waals surface area (Å²) in [6.07, 6.45) is 2.68. The number of rotatable bonds is 7. The Balaban J connectivity index is 1.43. The zero-order chi connectivity index (χ0) is 23.3. The van der Waals surface area contributed by atoms with Crippen LogP contribution in [0.2, 0.25) is 0 Å². The van der Waals surface area contributed by atoms with Crippen molar-refractivity contribution < 1.29 is 22.4 Å². The van der Waals surface area contributed by atoms with Gasteiger partial charge in [-0.3, -0.25) is 9.59 Å². The molecule has 172 valence electrons. The molecule has 0 aliphatic carbocycles. The van der Waals surface area contributed by atoms with E-state index in [1.165, 1.54) is 10.6 Å². The number of hydrogen-bond acceptors (Lipinski definition) is 5. The van der Waals surface area contributed by atoms with Crippen LogP contribution in [-0.4, -0.2) is 37.6 Å². The van der Waals surface area contributed by atoms with E-state index in [1.54, 1.807) is 66.7 Å². The Labute approximate surface area is 192 Å². The van der Waals surface area contributed by atoms with Crippen molar-refractivity contribution in [2.24, 2.45) is 5.92 Å². The highest BCUT2D eigenvalue weighted by Gasteiger charge is 2.33. The van der Waals surface area contributed by atoms with Gasteiger partial charge in [-0.1, -0.05) is 30.3 Å². The van der Waals surface area contributed by atoms with Crippen molar-refractivity contribution in [1.29, 1.82) is 0 Å². The van der Waals surface area contributed by atoms with Crippen molar-refractivity contribution in [3.05, 3.63) is 84.3 Å². The zero-order valence-corrected chi connectivity index (χ0v) is 18.8. The predicted molar refractivity (Wildman–Crippen MR) is 123 cm³/mol. The molecule has 0 saturated carbocycles. The number of sulfonamides is 1. The van der Waals surface area contributed by atoms with Gasteiger partial charge in [-0.2, -0.15) is 4.31 Å². The number of carbonyl (C=O) groups excluding carboxylic acids is 2. The van der Waals surface area contributed by atoms with Crippen LogP contribution in [0.4, 0.5) is 5.69 Å². The highest BCUT2D eigenvalue weighted by Crippen LogP contribution is 2.25. The summed E-state index contributed by atoms with van der Waals surface area (Å²) in [7, 11) is -3.67. The van der Waals surface area contributed by atoms with E-state index in [4.69, 9.17) is 4.42 Å². The predicted octanol–water partition coefficient (Wildman–Crippen LogP) is 3.25. The second-order valence-corrected chi connectivity index (χ2v) is 9.75. The van der Waals surface area contributed by atoms with E-state index < -0.39 is 15.9 Å². The summed E-state index contributed by atoms with van der Waals surface area (Å²) in [6, 6.07) is 18.4. The molecule has 1 aliphatic rings. The normalized spacial score (nSPS) is 16.8. The number of benzene rings is 2. The summed E-state index contributed by atoms with van der Waals surface area (Å²) >= 11 is 0. The smallest absolute Gasteiger partial charge is 0.253 e. The van der Waals surface area contributed by atoms with Crippen LogP contribution in [0, 0.1) is 5.92 Å². The molecule has 2 heterocycles. The molecule has 0 spiro atoms. The SMILES string of the molecule is O=C(NCc1ccco1)c1ccccc1NC(=O)C1CCCN(S(=O)(=O)c2ccccc2)C1. The first-order chi connectivity index (χ1) is 15.9. The number of carbonyl (C=O) groups is 2. The summed E-state index contributed by atoms with van der Waals surface area (Å²) in [4.78, 5) is 25.9. The summed E-state index contributed by atoms with van der Waals surface area (Å²) in [5, 5.41) is 5.59. The lowest BCUT2D eigenvalue weighted by Crippen LogP contribution is -2.43. The number of nitrogens with one attached hydrogen (secondary N) is 2. The summed E-state index contributed by atoms with van der Waals surface area (Å²) in [6.45, 7) is 0.686. The fraction of sp³-hybridized carbons (Fsp3) is 0.250. The lowest BCUT2D eigenvalue weighted by Gasteiger charge is -2.31. The van der Waals surface area contributed by atoms with Crippen molar-refractivity contribution in [1.82, 2.24) is 9.62 Å². The van der Waals surface area contributed by atoms with E-state index in [2.05, 4.69) is 10.6 Å². The molecule has 1 unspecified atom stereocenters. The fourth-order valence-electron chi connectivity index (χ4n) is 3.82. The quantitative estimate of drug-likeness (QED) is 0.555. The maximum absolute atomic E-state index is 13.0. The summed E-state index contributed by atoms with van der Waals surface area (Å²) in [5.74, 6) is -0.559. The van der Waals surface area contributed by atoms with Gasteiger partial charge in [-0.15, -0.1) is 0 Å². The van der Waals surface area contributed by atoms with E-state index in [-0.39, 0.29) is 29.8 Å². The number of piperidine rings is 1. The molecule has 2 N–H and O–H groups in total. The van der Waals surface area contributed by atoms with Crippen LogP contribution >= 0.6 is 0 Å². The van der Waals surface area contributed by atoms with Crippen molar-refractivity contribution in [3.63, 3.8) is 0 Å². The monoisotopic (exact) mass is 467 g/mol. The first-order valence-electron chi connectivity index (χ1n) is 10.7. The van der Waals surface area contributed by atoms with Gasteiger partial charge in [0, 0.05) is 13.1 Å². The maximum Gasteiger partial charge on any atom is 0.253 e. The Bertz CT molecular complexity index is 1210. The van der Waals surface area contributed by atoms with Gasteiger partial charge in [0.15, 0.2) is 0 Å². The molecule has 1 fully saturated rings. The first kappa shape index (κ1) is 22.8. The van der Waals surface area contributed by atoms with E-state index in [1.807, 2.05) is 0 Å². The second kappa shape index (κ2) is 10.0. The number of hydrogen-bond donors (Lipinski definition) is 2. The van der Waals surface area contributed by atoms with Gasteiger partial charge in [0.2, 0.25) is 15.9 Å². The van der Waals surface area contributed by atoms with Gasteiger partial charge >= 0.3 is 0 Å². The fourth-order valence-corrected chi connectivity index (χ4v) is 5.36. The molecular weight excluding hydrogens is 442 g/mol. The third kappa shape index (κ3) is 5.32. The number of para-hydroxylation sites is 1. The Morgan fingerprint density at radius 1 is 1.00 bits per heavy atom. The zero-order valence-electron chi connectivity index (χ0n) is 17.9. The first-order valence-corrected chi connectivity index (χ1v) is 12.1. The van der Waals surface area contributed by atoms with Gasteiger partial charge in [-0.25, -0.2) is 8.42 Å². The minimum absolute atomic E-state index is 0.0932. The van der Waals surface area contributed by atoms with Crippen LogP contribution in [-0.2, 0) is 21.4 Å². The van der Waals surface area contributed by atoms with Crippen LogP contribution in [0.25, 0.3) is 0 Å². The highest BCUT2D eigenvalue weighted by molar-refractivity contribution is 7.89. The van der Waals surface area contributed by atoms with Gasteiger partial charge in [-0.05, 0) is 49.2 Å². The minimum atomic E-state index is -3.67. The largest absolute Gasteiger partial charge is 0.467 e. The third-order valence-corrected chi connectivity index (χ3v) is 7.45. The molecular formula is C24H25N3O5S. The molecule has 3 aromatic rings. The molecule has 0 bridgehead atoms. The molecule has 1 aromatic heterocycles. The molecule has 9 heteroatoms. The van der Waals surface area contributed by atoms with E-state index in [0.717, 1.165) is 0 Å². The van der Waals surface area contributed by atoms with Crippen LogP contribution in [0.3, 0.4) is 0 Å². The Morgan fingerprint density at radius 3 is 2.52 bits per heavy atom. The van der Waals surface area contributed by atoms with Crippen LogP contribution in [0.1, 0.15) is 29.0 Å². The maximum atomic E-state index is 13.0. The van der Waals surface area contributed by atoms with Gasteiger partial charge in [0.1, 0.15) is 5.76 Å². The Morgan fingerprint density at radius 2 is 1.76 bits per heavy atom. The topological polar surface area (TPSA) is 109 Å². The lowest BCUT2D eigenvalue weighted by molar-refractivity contribution is -0.120. The number of nitrogens with zero attached hydrogens (tertiary/aromatic N) is 1. The molecule has 2 aromatic carbocycles. The van der Waals surface area contributed by atoms with Crippen LogP contribution in [0.15, 0.2) is 82.3 Å². The van der Waals surface area contributed by atoms with Crippen molar-refractivity contribution in [3.8, 4) is 0 Å². The third-order valence-electron chi connectivity index (χ3n) is 5.57. The van der Waals surface area contributed by atoms with Gasteiger partial charge in [0.05, 0.1) is 34.9 Å². The van der Waals surface area contributed by atoms with Crippen molar-refractivity contribution in [2.45, 2.75) is 24.3 Å². The Kier molecular flexibility index (Phi) is 6.90. The standard InChI is InChI=1S/C24H25N3O5S/c28-23(18-8-6-14-27(17-18)33(30,31)20-10-2-1-3-11-20)26-22-13-5-4-12-21(22)24(29)25-16-19-9-7-15-32-19/h1-5,7,9-13,15,18H,6,8,14,16-17H2,(H,25,29)(H,26,28). The highest BCUT2D eigenvalue weighted by atomic mass is 32.2. The number of anilines is 1. The van der Waals surface area contributed by atoms with Crippen LogP contribution in [0.5, 0.6) is 0 Å². The number of furan rings is 1. The second-order valence-electron chi connectivity index (χ2n) is 7.81. The average Bonchev–Trinajstić information content (AvgIpc) is 3.37. The van der Waals surface area contributed by atoms with E-state index in [0.29, 0.717) is 36.4 Å². The molecule has 8 nitrogen and oxygen atoms in total.